The molecule has 0 aromatic heterocycles. The van der Waals surface area contributed by atoms with Crippen molar-refractivity contribution in [3.63, 3.8) is 0 Å². The predicted molar refractivity (Wildman–Crippen MR) is 65.7 cm³/mol. The van der Waals surface area contributed by atoms with Crippen LogP contribution in [0.4, 0.5) is 8.78 Å². The van der Waals surface area contributed by atoms with Gasteiger partial charge in [-0.05, 0) is 31.5 Å². The van der Waals surface area contributed by atoms with Crippen molar-refractivity contribution in [2.24, 2.45) is 5.73 Å². The van der Waals surface area contributed by atoms with Gasteiger partial charge in [0, 0.05) is 25.6 Å². The topological polar surface area (TPSA) is 46.3 Å². The number of halogens is 2. The molecule has 0 unspecified atom stereocenters. The van der Waals surface area contributed by atoms with Crippen LogP contribution >= 0.6 is 0 Å². The van der Waals surface area contributed by atoms with Crippen molar-refractivity contribution in [3.05, 3.63) is 35.4 Å². The molecule has 0 spiro atoms. The van der Waals surface area contributed by atoms with Crippen molar-refractivity contribution in [3.8, 4) is 0 Å². The van der Waals surface area contributed by atoms with Crippen LogP contribution in [0.25, 0.3) is 0 Å². The van der Waals surface area contributed by atoms with E-state index in [9.17, 15) is 13.6 Å². The second-order valence-electron chi connectivity index (χ2n) is 5.16. The largest absolute Gasteiger partial charge is 0.341 e. The van der Waals surface area contributed by atoms with Crippen LogP contribution in [-0.4, -0.2) is 23.4 Å². The Labute approximate surface area is 106 Å². The molecule has 18 heavy (non-hydrogen) atoms. The number of nitrogens with two attached hydrogens (primary N) is 1. The fourth-order valence-corrected chi connectivity index (χ4v) is 1.52. The lowest BCUT2D eigenvalue weighted by atomic mass is 10.0. The lowest BCUT2D eigenvalue weighted by Crippen LogP contribution is -2.39. The zero-order chi connectivity index (χ0) is 13.9. The highest BCUT2D eigenvalue weighted by Crippen LogP contribution is 2.12. The van der Waals surface area contributed by atoms with Crippen LogP contribution in [0.15, 0.2) is 18.2 Å². The van der Waals surface area contributed by atoms with Crippen LogP contribution in [-0.2, 0) is 11.3 Å². The van der Waals surface area contributed by atoms with Gasteiger partial charge in [-0.1, -0.05) is 6.07 Å². The molecule has 0 radical (unpaired) electrons. The van der Waals surface area contributed by atoms with Gasteiger partial charge in [-0.3, -0.25) is 4.79 Å². The van der Waals surface area contributed by atoms with Crippen LogP contribution in [0.3, 0.4) is 0 Å². The van der Waals surface area contributed by atoms with Crippen LogP contribution in [0.2, 0.25) is 0 Å². The van der Waals surface area contributed by atoms with Crippen LogP contribution in [0.5, 0.6) is 0 Å². The number of hydrogen-bond acceptors (Lipinski definition) is 2. The average molecular weight is 256 g/mol. The number of nitrogens with zero attached hydrogens (tertiary/aromatic N) is 1. The van der Waals surface area contributed by atoms with Gasteiger partial charge >= 0.3 is 0 Å². The summed E-state index contributed by atoms with van der Waals surface area (Å²) in [5, 5.41) is 0. The van der Waals surface area contributed by atoms with Gasteiger partial charge < -0.3 is 10.6 Å². The Morgan fingerprint density at radius 2 is 1.94 bits per heavy atom. The summed E-state index contributed by atoms with van der Waals surface area (Å²) in [5.74, 6) is -1.93. The predicted octanol–water partition coefficient (Wildman–Crippen LogP) is 2.05. The van der Waals surface area contributed by atoms with Gasteiger partial charge in [-0.15, -0.1) is 0 Å². The summed E-state index contributed by atoms with van der Waals surface area (Å²) in [7, 11) is 1.61. The van der Waals surface area contributed by atoms with Gasteiger partial charge in [-0.2, -0.15) is 0 Å². The van der Waals surface area contributed by atoms with Crippen LogP contribution in [0, 0.1) is 11.6 Å². The Bertz CT molecular complexity index is 441. The number of amides is 1. The number of rotatable bonds is 4. The van der Waals surface area contributed by atoms with E-state index in [0.717, 1.165) is 12.1 Å². The summed E-state index contributed by atoms with van der Waals surface area (Å²) < 4.78 is 25.7. The molecule has 1 amide bonds. The average Bonchev–Trinajstić information content (AvgIpc) is 2.21. The summed E-state index contributed by atoms with van der Waals surface area (Å²) >= 11 is 0. The maximum absolute atomic E-state index is 13.0. The zero-order valence-corrected chi connectivity index (χ0v) is 10.8. The molecular formula is C13H18F2N2O. The van der Waals surface area contributed by atoms with E-state index in [4.69, 9.17) is 5.73 Å². The summed E-state index contributed by atoms with van der Waals surface area (Å²) in [4.78, 5) is 13.2. The molecule has 5 heteroatoms. The van der Waals surface area contributed by atoms with Gasteiger partial charge in [0.1, 0.15) is 0 Å². The first-order valence-corrected chi connectivity index (χ1v) is 5.66. The van der Waals surface area contributed by atoms with E-state index in [2.05, 4.69) is 0 Å². The summed E-state index contributed by atoms with van der Waals surface area (Å²) in [6.45, 7) is 3.75. The SMILES string of the molecule is CN(Cc1ccc(F)c(F)c1)C(=O)CC(C)(C)N. The van der Waals surface area contributed by atoms with E-state index in [1.807, 2.05) is 0 Å². The van der Waals surface area contributed by atoms with Gasteiger partial charge in [-0.25, -0.2) is 8.78 Å². The van der Waals surface area contributed by atoms with Crippen molar-refractivity contribution in [1.82, 2.24) is 4.90 Å². The number of carbonyl (C=O) groups is 1. The normalized spacial score (nSPS) is 11.4. The van der Waals surface area contributed by atoms with Crippen molar-refractivity contribution < 1.29 is 13.6 Å². The smallest absolute Gasteiger partial charge is 0.224 e. The van der Waals surface area contributed by atoms with E-state index in [1.54, 1.807) is 20.9 Å². The van der Waals surface area contributed by atoms with E-state index in [-0.39, 0.29) is 18.9 Å². The fraction of sp³-hybridized carbons (Fsp3) is 0.462. The van der Waals surface area contributed by atoms with Crippen LogP contribution in [0.1, 0.15) is 25.8 Å². The molecule has 0 heterocycles. The van der Waals surface area contributed by atoms with Crippen molar-refractivity contribution >= 4 is 5.91 Å². The second-order valence-corrected chi connectivity index (χ2v) is 5.16. The molecule has 1 aromatic rings. The maximum atomic E-state index is 13.0. The highest BCUT2D eigenvalue weighted by Gasteiger charge is 2.19. The molecule has 0 fully saturated rings. The Morgan fingerprint density at radius 3 is 2.44 bits per heavy atom. The summed E-state index contributed by atoms with van der Waals surface area (Å²) in [6, 6.07) is 3.60. The Morgan fingerprint density at radius 1 is 1.33 bits per heavy atom. The monoisotopic (exact) mass is 256 g/mol. The number of hydrogen-bond donors (Lipinski definition) is 1. The molecule has 0 aliphatic rings. The molecule has 0 aliphatic heterocycles. The van der Waals surface area contributed by atoms with E-state index < -0.39 is 17.2 Å². The minimum absolute atomic E-state index is 0.132. The Balaban J connectivity index is 2.66. The molecule has 0 aliphatic carbocycles. The van der Waals surface area contributed by atoms with Crippen molar-refractivity contribution in [1.29, 1.82) is 0 Å². The highest BCUT2D eigenvalue weighted by molar-refractivity contribution is 5.77. The quantitative estimate of drug-likeness (QED) is 0.896. The van der Waals surface area contributed by atoms with Crippen LogP contribution < -0.4 is 5.73 Å². The molecular weight excluding hydrogens is 238 g/mol. The third-order valence-corrected chi connectivity index (χ3v) is 2.44. The minimum atomic E-state index is -0.910. The second kappa shape index (κ2) is 5.44. The van der Waals surface area contributed by atoms with Gasteiger partial charge in [0.05, 0.1) is 0 Å². The summed E-state index contributed by atoms with van der Waals surface area (Å²) in [6.07, 6.45) is 0.202. The number of carbonyl (C=O) groups excluding carboxylic acids is 1. The molecule has 0 atom stereocenters. The van der Waals surface area contributed by atoms with E-state index in [1.165, 1.54) is 11.0 Å². The molecule has 0 saturated heterocycles. The molecule has 0 saturated carbocycles. The number of benzene rings is 1. The first-order valence-electron chi connectivity index (χ1n) is 5.66. The standard InChI is InChI=1S/C13H18F2N2O/c1-13(2,16)7-12(18)17(3)8-9-4-5-10(14)11(15)6-9/h4-6H,7-8,16H2,1-3H3. The zero-order valence-electron chi connectivity index (χ0n) is 10.8. The Hall–Kier alpha value is -1.49. The Kier molecular flexibility index (Phi) is 4.40. The third-order valence-electron chi connectivity index (χ3n) is 2.44. The van der Waals surface area contributed by atoms with Gasteiger partial charge in [0.15, 0.2) is 11.6 Å². The van der Waals surface area contributed by atoms with Gasteiger partial charge in [0.2, 0.25) is 5.91 Å². The molecule has 1 aromatic carbocycles. The summed E-state index contributed by atoms with van der Waals surface area (Å²) in [5.41, 5.74) is 5.71. The maximum Gasteiger partial charge on any atom is 0.224 e. The highest BCUT2D eigenvalue weighted by atomic mass is 19.2. The molecule has 2 N–H and O–H groups in total. The third kappa shape index (κ3) is 4.41. The molecule has 0 bridgehead atoms. The minimum Gasteiger partial charge on any atom is -0.341 e. The fourth-order valence-electron chi connectivity index (χ4n) is 1.52. The molecule has 1 rings (SSSR count). The van der Waals surface area contributed by atoms with E-state index in [0.29, 0.717) is 5.56 Å². The van der Waals surface area contributed by atoms with Crippen molar-refractivity contribution in [2.45, 2.75) is 32.4 Å². The lowest BCUT2D eigenvalue weighted by molar-refractivity contribution is -0.131. The molecule has 3 nitrogen and oxygen atoms in total. The lowest BCUT2D eigenvalue weighted by Gasteiger charge is -2.23. The van der Waals surface area contributed by atoms with Gasteiger partial charge in [0.25, 0.3) is 0 Å². The first-order chi connectivity index (χ1) is 8.19. The van der Waals surface area contributed by atoms with Crippen molar-refractivity contribution in [2.75, 3.05) is 7.05 Å². The van der Waals surface area contributed by atoms with E-state index >= 15 is 0 Å². The molecule has 100 valence electrons. The first kappa shape index (κ1) is 14.6.